The number of methoxy groups -OCH3 is 1. The molecule has 0 aliphatic rings. The van der Waals surface area contributed by atoms with Crippen molar-refractivity contribution in [2.24, 2.45) is 0 Å². The number of nitrogens with zero attached hydrogens (tertiary/aromatic N) is 1. The Morgan fingerprint density at radius 1 is 1.23 bits per heavy atom. The molecule has 1 heterocycles. The Morgan fingerprint density at radius 3 is 2.54 bits per heavy atom. The maximum absolute atomic E-state index is 12.5. The Hall–Kier alpha value is -3.02. The lowest BCUT2D eigenvalue weighted by molar-refractivity contribution is -0.275. The zero-order valence-corrected chi connectivity index (χ0v) is 13.8. The van der Waals surface area contributed by atoms with Gasteiger partial charge < -0.3 is 14.6 Å². The van der Waals surface area contributed by atoms with Crippen LogP contribution < -0.4 is 9.46 Å². The number of carbonyl (C=O) groups is 1. The van der Waals surface area contributed by atoms with Gasteiger partial charge in [0.25, 0.3) is 10.0 Å². The quantitative estimate of drug-likeness (QED) is 0.750. The van der Waals surface area contributed by atoms with Crippen LogP contribution in [0.15, 0.2) is 41.6 Å². The number of benzene rings is 1. The normalized spacial score (nSPS) is 11.7. The average Bonchev–Trinajstić information content (AvgIpc) is 2.54. The number of hydrogen-bond acceptors (Lipinski definition) is 7. The summed E-state index contributed by atoms with van der Waals surface area (Å²) in [4.78, 5) is 14.1. The number of ether oxygens (including phenoxy) is 2. The summed E-state index contributed by atoms with van der Waals surface area (Å²) in [6, 6.07) is 3.14. The molecule has 0 spiro atoms. The van der Waals surface area contributed by atoms with Crippen LogP contribution in [0.3, 0.4) is 0 Å². The lowest BCUT2D eigenvalue weighted by Crippen LogP contribution is -2.21. The van der Waals surface area contributed by atoms with E-state index < -0.39 is 38.7 Å². The van der Waals surface area contributed by atoms with Gasteiger partial charge in [-0.25, -0.2) is 13.2 Å². The number of aromatic hydroxyl groups is 1. The Bertz CT molecular complexity index is 931. The molecule has 0 bridgehead atoms. The number of sulfonamides is 1. The SMILES string of the molecule is COC(=O)c1cncc(NS(=O)(=O)c2cc(O)ccc2OC(F)(F)F)c1. The van der Waals surface area contributed by atoms with Gasteiger partial charge in [-0.15, -0.1) is 13.2 Å². The van der Waals surface area contributed by atoms with E-state index in [4.69, 9.17) is 0 Å². The monoisotopic (exact) mass is 392 g/mol. The highest BCUT2D eigenvalue weighted by molar-refractivity contribution is 7.92. The van der Waals surface area contributed by atoms with Gasteiger partial charge in [0.1, 0.15) is 16.4 Å². The van der Waals surface area contributed by atoms with E-state index in [1.54, 1.807) is 0 Å². The van der Waals surface area contributed by atoms with Gasteiger partial charge in [0.15, 0.2) is 0 Å². The molecule has 140 valence electrons. The maximum Gasteiger partial charge on any atom is 0.573 e. The van der Waals surface area contributed by atoms with Gasteiger partial charge in [-0.3, -0.25) is 9.71 Å². The van der Waals surface area contributed by atoms with Crippen molar-refractivity contribution in [1.82, 2.24) is 4.98 Å². The zero-order valence-electron chi connectivity index (χ0n) is 12.9. The van der Waals surface area contributed by atoms with E-state index in [1.807, 2.05) is 4.72 Å². The average molecular weight is 392 g/mol. The summed E-state index contributed by atoms with van der Waals surface area (Å²) in [6.07, 6.45) is -3.01. The Morgan fingerprint density at radius 2 is 1.92 bits per heavy atom. The van der Waals surface area contributed by atoms with Crippen molar-refractivity contribution < 1.29 is 41.0 Å². The van der Waals surface area contributed by atoms with Crippen LogP contribution in [-0.2, 0) is 14.8 Å². The number of phenolic OH excluding ortho intramolecular Hbond substituents is 1. The maximum atomic E-state index is 12.5. The molecule has 1 aromatic heterocycles. The van der Waals surface area contributed by atoms with Crippen molar-refractivity contribution in [3.8, 4) is 11.5 Å². The minimum absolute atomic E-state index is 0.0876. The predicted molar refractivity (Wildman–Crippen MR) is 81.2 cm³/mol. The molecule has 0 unspecified atom stereocenters. The zero-order chi connectivity index (χ0) is 19.5. The van der Waals surface area contributed by atoms with Crippen molar-refractivity contribution in [3.63, 3.8) is 0 Å². The largest absolute Gasteiger partial charge is 0.573 e. The standard InChI is InChI=1S/C14H11F3N2O6S/c1-24-13(21)8-4-9(7-18-6-8)19-26(22,23)12-5-10(20)2-3-11(12)25-14(15,16)17/h2-7,19-20H,1H3. The molecule has 8 nitrogen and oxygen atoms in total. The van der Waals surface area contributed by atoms with Crippen LogP contribution in [0.1, 0.15) is 10.4 Å². The van der Waals surface area contributed by atoms with E-state index in [1.165, 1.54) is 0 Å². The molecule has 0 saturated heterocycles. The lowest BCUT2D eigenvalue weighted by Gasteiger charge is -2.15. The number of alkyl halides is 3. The Balaban J connectivity index is 2.42. The minimum atomic E-state index is -5.15. The fraction of sp³-hybridized carbons (Fsp3) is 0.143. The first kappa shape index (κ1) is 19.3. The van der Waals surface area contributed by atoms with Crippen LogP contribution in [0.5, 0.6) is 11.5 Å². The summed E-state index contributed by atoms with van der Waals surface area (Å²) in [6.45, 7) is 0. The summed E-state index contributed by atoms with van der Waals surface area (Å²) in [5, 5.41) is 9.41. The summed E-state index contributed by atoms with van der Waals surface area (Å²) in [7, 11) is -3.51. The molecule has 2 aromatic rings. The minimum Gasteiger partial charge on any atom is -0.508 e. The number of pyridine rings is 1. The smallest absolute Gasteiger partial charge is 0.508 e. The van der Waals surface area contributed by atoms with Crippen molar-refractivity contribution in [2.45, 2.75) is 11.3 Å². The molecule has 1 aromatic carbocycles. The second kappa shape index (κ2) is 7.07. The van der Waals surface area contributed by atoms with E-state index in [-0.39, 0.29) is 11.3 Å². The number of nitrogens with one attached hydrogen (secondary N) is 1. The first-order valence-corrected chi connectivity index (χ1v) is 8.15. The van der Waals surface area contributed by atoms with Crippen molar-refractivity contribution in [2.75, 3.05) is 11.8 Å². The topological polar surface area (TPSA) is 115 Å². The Kier molecular flexibility index (Phi) is 5.25. The molecular weight excluding hydrogens is 381 g/mol. The molecule has 0 aliphatic heterocycles. The van der Waals surface area contributed by atoms with E-state index in [0.717, 1.165) is 31.6 Å². The van der Waals surface area contributed by atoms with Crippen LogP contribution in [0.2, 0.25) is 0 Å². The molecule has 2 N–H and O–H groups in total. The number of hydrogen-bond donors (Lipinski definition) is 2. The molecule has 0 aliphatic carbocycles. The molecule has 0 radical (unpaired) electrons. The van der Waals surface area contributed by atoms with Crippen LogP contribution in [-0.4, -0.2) is 37.9 Å². The van der Waals surface area contributed by atoms with Gasteiger partial charge in [0, 0.05) is 12.3 Å². The third kappa shape index (κ3) is 4.75. The van der Waals surface area contributed by atoms with E-state index >= 15 is 0 Å². The second-order valence-electron chi connectivity index (χ2n) is 4.74. The number of carbonyl (C=O) groups excluding carboxylic acids is 1. The third-order valence-corrected chi connectivity index (χ3v) is 4.26. The van der Waals surface area contributed by atoms with Gasteiger partial charge in [-0.1, -0.05) is 0 Å². The molecule has 0 fully saturated rings. The highest BCUT2D eigenvalue weighted by Crippen LogP contribution is 2.33. The Labute approximate surface area is 145 Å². The summed E-state index contributed by atoms with van der Waals surface area (Å²) in [5.41, 5.74) is -0.301. The highest BCUT2D eigenvalue weighted by atomic mass is 32.2. The van der Waals surface area contributed by atoms with E-state index in [2.05, 4.69) is 14.5 Å². The second-order valence-corrected chi connectivity index (χ2v) is 6.39. The number of anilines is 1. The number of halogens is 3. The molecule has 12 heteroatoms. The molecule has 0 atom stereocenters. The van der Waals surface area contributed by atoms with Crippen molar-refractivity contribution >= 4 is 21.7 Å². The lowest BCUT2D eigenvalue weighted by atomic mass is 10.3. The first-order valence-electron chi connectivity index (χ1n) is 6.67. The number of aromatic nitrogens is 1. The van der Waals surface area contributed by atoms with Crippen LogP contribution in [0.4, 0.5) is 18.9 Å². The molecule has 0 amide bonds. The summed E-state index contributed by atoms with van der Waals surface area (Å²) in [5.74, 6) is -2.43. The van der Waals surface area contributed by atoms with Crippen LogP contribution in [0.25, 0.3) is 0 Å². The molecule has 2 rings (SSSR count). The van der Waals surface area contributed by atoms with Gasteiger partial charge >= 0.3 is 12.3 Å². The predicted octanol–water partition coefficient (Wildman–Crippen LogP) is 2.27. The van der Waals surface area contributed by atoms with Gasteiger partial charge in [-0.05, 0) is 18.2 Å². The van der Waals surface area contributed by atoms with E-state index in [9.17, 15) is 31.5 Å². The van der Waals surface area contributed by atoms with Gasteiger partial charge in [0.05, 0.1) is 24.6 Å². The number of esters is 1. The van der Waals surface area contributed by atoms with Gasteiger partial charge in [-0.2, -0.15) is 0 Å². The fourth-order valence-electron chi connectivity index (χ4n) is 1.85. The van der Waals surface area contributed by atoms with E-state index in [0.29, 0.717) is 12.1 Å². The summed E-state index contributed by atoms with van der Waals surface area (Å²) < 4.78 is 72.2. The van der Waals surface area contributed by atoms with Crippen LogP contribution >= 0.6 is 0 Å². The first-order chi connectivity index (χ1) is 12.0. The molecular formula is C14H11F3N2O6S. The number of rotatable bonds is 5. The molecule has 0 saturated carbocycles. The molecule has 26 heavy (non-hydrogen) atoms. The van der Waals surface area contributed by atoms with Gasteiger partial charge in [0.2, 0.25) is 0 Å². The van der Waals surface area contributed by atoms with Crippen molar-refractivity contribution in [3.05, 3.63) is 42.2 Å². The van der Waals surface area contributed by atoms with Crippen molar-refractivity contribution in [1.29, 1.82) is 0 Å². The van der Waals surface area contributed by atoms with Crippen LogP contribution in [0, 0.1) is 0 Å². The number of phenols is 1. The highest BCUT2D eigenvalue weighted by Gasteiger charge is 2.34. The third-order valence-electron chi connectivity index (χ3n) is 2.85. The fourth-order valence-corrected chi connectivity index (χ4v) is 3.03. The summed E-state index contributed by atoms with van der Waals surface area (Å²) >= 11 is 0.